The van der Waals surface area contributed by atoms with Crippen LogP contribution in [0, 0.1) is 5.92 Å². The summed E-state index contributed by atoms with van der Waals surface area (Å²) in [5, 5.41) is 9.83. The summed E-state index contributed by atoms with van der Waals surface area (Å²) in [5.74, 6) is -0.0951. The molecule has 1 heterocycles. The van der Waals surface area contributed by atoms with Crippen molar-refractivity contribution in [1.29, 1.82) is 0 Å². The van der Waals surface area contributed by atoms with E-state index in [0.717, 1.165) is 22.5 Å². The van der Waals surface area contributed by atoms with Crippen molar-refractivity contribution >= 4 is 11.6 Å². The van der Waals surface area contributed by atoms with Crippen LogP contribution in [-0.2, 0) is 4.79 Å². The number of allylic oxidation sites excluding steroid dienone is 1. The van der Waals surface area contributed by atoms with Crippen LogP contribution in [0.5, 0.6) is 0 Å². The summed E-state index contributed by atoms with van der Waals surface area (Å²) in [4.78, 5) is 12.2. The second kappa shape index (κ2) is 6.19. The molecule has 1 unspecified atom stereocenters. The SMILES string of the molecule is C=C(C)CC(C)C(=O)Nc1ccccc1-c1ccn[nH]1. The smallest absolute Gasteiger partial charge is 0.227 e. The molecular formula is C16H19N3O. The van der Waals surface area contributed by atoms with Gasteiger partial charge in [-0.3, -0.25) is 9.89 Å². The van der Waals surface area contributed by atoms with E-state index in [0.29, 0.717) is 6.42 Å². The van der Waals surface area contributed by atoms with Gasteiger partial charge in [0.15, 0.2) is 0 Å². The Morgan fingerprint density at radius 1 is 1.40 bits per heavy atom. The Kier molecular flexibility index (Phi) is 4.35. The maximum Gasteiger partial charge on any atom is 0.227 e. The molecule has 0 saturated carbocycles. The van der Waals surface area contributed by atoms with E-state index in [1.165, 1.54) is 0 Å². The number of H-pyrrole nitrogens is 1. The molecule has 1 atom stereocenters. The molecule has 20 heavy (non-hydrogen) atoms. The second-order valence-corrected chi connectivity index (χ2v) is 5.07. The topological polar surface area (TPSA) is 57.8 Å². The van der Waals surface area contributed by atoms with Crippen LogP contribution in [0.1, 0.15) is 20.3 Å². The first-order valence-electron chi connectivity index (χ1n) is 6.62. The van der Waals surface area contributed by atoms with Crippen molar-refractivity contribution in [3.63, 3.8) is 0 Å². The van der Waals surface area contributed by atoms with Gasteiger partial charge in [-0.05, 0) is 25.5 Å². The zero-order valence-corrected chi connectivity index (χ0v) is 11.8. The first-order chi connectivity index (χ1) is 9.58. The number of nitrogens with one attached hydrogen (secondary N) is 2. The van der Waals surface area contributed by atoms with E-state index in [9.17, 15) is 4.79 Å². The van der Waals surface area contributed by atoms with Gasteiger partial charge in [0.05, 0.1) is 11.4 Å². The number of para-hydroxylation sites is 1. The molecule has 0 radical (unpaired) electrons. The number of rotatable bonds is 5. The summed E-state index contributed by atoms with van der Waals surface area (Å²) in [7, 11) is 0. The second-order valence-electron chi connectivity index (χ2n) is 5.07. The molecule has 0 aliphatic carbocycles. The lowest BCUT2D eigenvalue weighted by Gasteiger charge is -2.14. The average Bonchev–Trinajstić information content (AvgIpc) is 2.92. The third-order valence-corrected chi connectivity index (χ3v) is 3.08. The van der Waals surface area contributed by atoms with Gasteiger partial charge in [0, 0.05) is 17.7 Å². The highest BCUT2D eigenvalue weighted by molar-refractivity contribution is 5.96. The Morgan fingerprint density at radius 2 is 2.15 bits per heavy atom. The van der Waals surface area contributed by atoms with Crippen LogP contribution in [0.25, 0.3) is 11.3 Å². The number of carbonyl (C=O) groups is 1. The van der Waals surface area contributed by atoms with Crippen LogP contribution in [0.4, 0.5) is 5.69 Å². The number of benzene rings is 1. The highest BCUT2D eigenvalue weighted by Gasteiger charge is 2.15. The van der Waals surface area contributed by atoms with E-state index in [2.05, 4.69) is 22.1 Å². The molecule has 1 aromatic carbocycles. The average molecular weight is 269 g/mol. The largest absolute Gasteiger partial charge is 0.325 e. The summed E-state index contributed by atoms with van der Waals surface area (Å²) in [6.45, 7) is 7.69. The highest BCUT2D eigenvalue weighted by Crippen LogP contribution is 2.26. The van der Waals surface area contributed by atoms with Crippen LogP contribution in [0.15, 0.2) is 48.7 Å². The molecule has 0 spiro atoms. The maximum absolute atomic E-state index is 12.2. The van der Waals surface area contributed by atoms with E-state index in [-0.39, 0.29) is 11.8 Å². The zero-order chi connectivity index (χ0) is 14.5. The number of aromatic nitrogens is 2. The summed E-state index contributed by atoms with van der Waals surface area (Å²) < 4.78 is 0. The monoisotopic (exact) mass is 269 g/mol. The Labute approximate surface area is 118 Å². The first kappa shape index (κ1) is 14.1. The number of anilines is 1. The van der Waals surface area contributed by atoms with Crippen molar-refractivity contribution in [2.75, 3.05) is 5.32 Å². The van der Waals surface area contributed by atoms with Crippen LogP contribution in [0.3, 0.4) is 0 Å². The Bertz CT molecular complexity index is 602. The van der Waals surface area contributed by atoms with Crippen LogP contribution < -0.4 is 5.32 Å². The van der Waals surface area contributed by atoms with Crippen molar-refractivity contribution in [1.82, 2.24) is 10.2 Å². The van der Waals surface area contributed by atoms with Crippen molar-refractivity contribution in [2.45, 2.75) is 20.3 Å². The first-order valence-corrected chi connectivity index (χ1v) is 6.62. The molecule has 0 aliphatic heterocycles. The fraction of sp³-hybridized carbons (Fsp3) is 0.250. The Morgan fingerprint density at radius 3 is 2.80 bits per heavy atom. The third kappa shape index (κ3) is 3.35. The zero-order valence-electron chi connectivity index (χ0n) is 11.8. The van der Waals surface area contributed by atoms with Gasteiger partial charge in [-0.25, -0.2) is 0 Å². The predicted octanol–water partition coefficient (Wildman–Crippen LogP) is 3.62. The molecule has 0 aliphatic rings. The van der Waals surface area contributed by atoms with Gasteiger partial charge in [0.2, 0.25) is 5.91 Å². The molecule has 2 aromatic rings. The summed E-state index contributed by atoms with van der Waals surface area (Å²) in [6, 6.07) is 9.55. The molecule has 2 N–H and O–H groups in total. The lowest BCUT2D eigenvalue weighted by Crippen LogP contribution is -2.20. The molecule has 1 aromatic heterocycles. The molecule has 4 nitrogen and oxygen atoms in total. The highest BCUT2D eigenvalue weighted by atomic mass is 16.1. The van der Waals surface area contributed by atoms with Crippen LogP contribution in [0.2, 0.25) is 0 Å². The van der Waals surface area contributed by atoms with Crippen molar-refractivity contribution < 1.29 is 4.79 Å². The standard InChI is InChI=1S/C16H19N3O/c1-11(2)10-12(3)16(20)18-14-7-5-4-6-13(14)15-8-9-17-19-15/h4-9,12H,1,10H2,2-3H3,(H,17,19)(H,18,20). The summed E-state index contributed by atoms with van der Waals surface area (Å²) in [5.41, 5.74) is 3.61. The van der Waals surface area contributed by atoms with E-state index < -0.39 is 0 Å². The van der Waals surface area contributed by atoms with E-state index in [4.69, 9.17) is 0 Å². The van der Waals surface area contributed by atoms with Crippen LogP contribution in [-0.4, -0.2) is 16.1 Å². The van der Waals surface area contributed by atoms with Gasteiger partial charge < -0.3 is 5.32 Å². The minimum atomic E-state index is -0.0951. The van der Waals surface area contributed by atoms with Gasteiger partial charge in [-0.2, -0.15) is 5.10 Å². The van der Waals surface area contributed by atoms with Gasteiger partial charge >= 0.3 is 0 Å². The Balaban J connectivity index is 2.18. The van der Waals surface area contributed by atoms with Gasteiger partial charge in [0.1, 0.15) is 0 Å². The Hall–Kier alpha value is -2.36. The van der Waals surface area contributed by atoms with Crippen LogP contribution >= 0.6 is 0 Å². The fourth-order valence-electron chi connectivity index (χ4n) is 2.10. The van der Waals surface area contributed by atoms with Crippen molar-refractivity contribution in [3.8, 4) is 11.3 Å². The summed E-state index contributed by atoms with van der Waals surface area (Å²) >= 11 is 0. The molecule has 4 heteroatoms. The molecule has 2 rings (SSSR count). The number of aromatic amines is 1. The molecule has 0 saturated heterocycles. The van der Waals surface area contributed by atoms with E-state index in [1.54, 1.807) is 6.20 Å². The van der Waals surface area contributed by atoms with Gasteiger partial charge in [-0.15, -0.1) is 6.58 Å². The predicted molar refractivity (Wildman–Crippen MR) is 81.2 cm³/mol. The number of hydrogen-bond acceptors (Lipinski definition) is 2. The maximum atomic E-state index is 12.2. The molecule has 1 amide bonds. The minimum Gasteiger partial charge on any atom is -0.325 e. The lowest BCUT2D eigenvalue weighted by molar-refractivity contribution is -0.119. The molecule has 104 valence electrons. The van der Waals surface area contributed by atoms with Crippen molar-refractivity contribution in [2.24, 2.45) is 5.92 Å². The number of nitrogens with zero attached hydrogens (tertiary/aromatic N) is 1. The molecular weight excluding hydrogens is 250 g/mol. The number of carbonyl (C=O) groups excluding carboxylic acids is 1. The molecule has 0 fully saturated rings. The van der Waals surface area contributed by atoms with Crippen molar-refractivity contribution in [3.05, 3.63) is 48.7 Å². The number of hydrogen-bond donors (Lipinski definition) is 2. The fourth-order valence-corrected chi connectivity index (χ4v) is 2.10. The van der Waals surface area contributed by atoms with Gasteiger partial charge in [0.25, 0.3) is 0 Å². The normalized spacial score (nSPS) is 11.9. The lowest BCUT2D eigenvalue weighted by atomic mass is 10.0. The minimum absolute atomic E-state index is 0.0000321. The third-order valence-electron chi connectivity index (χ3n) is 3.08. The molecule has 0 bridgehead atoms. The van der Waals surface area contributed by atoms with E-state index in [1.807, 2.05) is 44.2 Å². The quantitative estimate of drug-likeness (QED) is 0.814. The number of amides is 1. The summed E-state index contributed by atoms with van der Waals surface area (Å²) in [6.07, 6.45) is 2.38. The van der Waals surface area contributed by atoms with E-state index >= 15 is 0 Å². The van der Waals surface area contributed by atoms with Gasteiger partial charge in [-0.1, -0.05) is 30.7 Å².